The second-order valence-electron chi connectivity index (χ2n) is 4.58. The molecule has 0 radical (unpaired) electrons. The molecule has 1 unspecified atom stereocenters. The smallest absolute Gasteiger partial charge is 0.251 e. The number of carbonyl (C=O) groups excluding carboxylic acids is 2. The summed E-state index contributed by atoms with van der Waals surface area (Å²) < 4.78 is 0.855. The lowest BCUT2D eigenvalue weighted by Gasteiger charge is -2.29. The van der Waals surface area contributed by atoms with E-state index in [-0.39, 0.29) is 16.8 Å². The predicted molar refractivity (Wildman–Crippen MR) is 84.5 cm³/mol. The molecule has 0 aliphatic carbocycles. The summed E-state index contributed by atoms with van der Waals surface area (Å²) in [7, 11) is 1.49. The third kappa shape index (κ3) is 2.99. The van der Waals surface area contributed by atoms with Crippen molar-refractivity contribution in [3.63, 3.8) is 0 Å². The van der Waals surface area contributed by atoms with Crippen molar-refractivity contribution in [2.45, 2.75) is 18.9 Å². The number of hydrogen-bond acceptors (Lipinski definition) is 4. The Morgan fingerprint density at radius 1 is 1.50 bits per heavy atom. The third-order valence-corrected chi connectivity index (χ3v) is 3.94. The fourth-order valence-electron chi connectivity index (χ4n) is 2.08. The standard InChI is InChI=1S/C13H14BrN3O2S/c1-17-11(18)5-4-10(13(17)19)16-9-3-2-7(14)6-8(9)12(15)20/h2-3,6,10,16H,4-5H2,1H3,(H2,15,20). The Morgan fingerprint density at radius 2 is 2.20 bits per heavy atom. The van der Waals surface area contributed by atoms with Crippen LogP contribution in [-0.2, 0) is 9.59 Å². The second kappa shape index (κ2) is 5.88. The molecule has 0 bridgehead atoms. The number of nitrogens with zero attached hydrogens (tertiary/aromatic N) is 1. The molecule has 1 atom stereocenters. The van der Waals surface area contributed by atoms with Crippen LogP contribution < -0.4 is 11.1 Å². The summed E-state index contributed by atoms with van der Waals surface area (Å²) in [4.78, 5) is 24.9. The van der Waals surface area contributed by atoms with Crippen LogP contribution in [0.4, 0.5) is 5.69 Å². The summed E-state index contributed by atoms with van der Waals surface area (Å²) in [5.41, 5.74) is 7.06. The number of thiocarbonyl (C=S) groups is 1. The number of rotatable bonds is 3. The molecule has 0 spiro atoms. The predicted octanol–water partition coefficient (Wildman–Crippen LogP) is 1.64. The van der Waals surface area contributed by atoms with Crippen LogP contribution >= 0.6 is 28.1 Å². The van der Waals surface area contributed by atoms with Crippen LogP contribution in [0.3, 0.4) is 0 Å². The first-order valence-electron chi connectivity index (χ1n) is 6.06. The number of halogens is 1. The molecule has 3 N–H and O–H groups in total. The fourth-order valence-corrected chi connectivity index (χ4v) is 2.61. The van der Waals surface area contributed by atoms with Crippen LogP contribution in [0, 0.1) is 0 Å². The average Bonchev–Trinajstić information content (AvgIpc) is 2.41. The largest absolute Gasteiger partial charge is 0.389 e. The summed E-state index contributed by atoms with van der Waals surface area (Å²) in [5, 5.41) is 3.13. The molecule has 1 aliphatic rings. The molecule has 1 fully saturated rings. The van der Waals surface area contributed by atoms with Crippen molar-refractivity contribution in [2.75, 3.05) is 12.4 Å². The van der Waals surface area contributed by atoms with Crippen LogP contribution in [0.25, 0.3) is 0 Å². The molecule has 1 aromatic rings. The molecule has 1 saturated heterocycles. The second-order valence-corrected chi connectivity index (χ2v) is 5.94. The van der Waals surface area contributed by atoms with Gasteiger partial charge in [0.25, 0.3) is 5.91 Å². The number of nitrogens with one attached hydrogen (secondary N) is 1. The first-order valence-corrected chi connectivity index (χ1v) is 7.26. The Labute approximate surface area is 130 Å². The molecular weight excluding hydrogens is 342 g/mol. The number of nitrogens with two attached hydrogens (primary N) is 1. The molecule has 20 heavy (non-hydrogen) atoms. The number of hydrogen-bond donors (Lipinski definition) is 2. The molecule has 0 aromatic heterocycles. The van der Waals surface area contributed by atoms with E-state index in [0.717, 1.165) is 9.37 Å². The van der Waals surface area contributed by atoms with E-state index in [0.29, 0.717) is 24.1 Å². The number of anilines is 1. The number of likely N-dealkylation sites (N-methyl/N-ethyl adjacent to an activating group) is 1. The molecule has 1 aromatic carbocycles. The summed E-state index contributed by atoms with van der Waals surface area (Å²) >= 11 is 8.37. The van der Waals surface area contributed by atoms with Gasteiger partial charge in [0.15, 0.2) is 0 Å². The van der Waals surface area contributed by atoms with E-state index >= 15 is 0 Å². The van der Waals surface area contributed by atoms with Crippen molar-refractivity contribution in [1.29, 1.82) is 0 Å². The fraction of sp³-hybridized carbons (Fsp3) is 0.308. The third-order valence-electron chi connectivity index (χ3n) is 3.23. The number of carbonyl (C=O) groups is 2. The van der Waals surface area contributed by atoms with Crippen molar-refractivity contribution in [1.82, 2.24) is 4.90 Å². The van der Waals surface area contributed by atoms with Gasteiger partial charge < -0.3 is 11.1 Å². The highest BCUT2D eigenvalue weighted by Crippen LogP contribution is 2.24. The highest BCUT2D eigenvalue weighted by molar-refractivity contribution is 9.10. The average molecular weight is 356 g/mol. The van der Waals surface area contributed by atoms with Gasteiger partial charge in [-0.15, -0.1) is 0 Å². The zero-order valence-electron chi connectivity index (χ0n) is 10.9. The zero-order valence-corrected chi connectivity index (χ0v) is 13.3. The van der Waals surface area contributed by atoms with Crippen molar-refractivity contribution in [3.8, 4) is 0 Å². The van der Waals surface area contributed by atoms with Crippen LogP contribution in [0.15, 0.2) is 22.7 Å². The molecule has 2 rings (SSSR count). The highest BCUT2D eigenvalue weighted by Gasteiger charge is 2.32. The van der Waals surface area contributed by atoms with Crippen LogP contribution in [0.2, 0.25) is 0 Å². The van der Waals surface area contributed by atoms with Gasteiger partial charge in [-0.3, -0.25) is 14.5 Å². The number of likely N-dealkylation sites (tertiary alicyclic amines) is 1. The van der Waals surface area contributed by atoms with Gasteiger partial charge in [-0.05, 0) is 24.6 Å². The minimum Gasteiger partial charge on any atom is -0.389 e. The van der Waals surface area contributed by atoms with E-state index in [1.54, 1.807) is 6.07 Å². The van der Waals surface area contributed by atoms with Crippen LogP contribution in [0.1, 0.15) is 18.4 Å². The minimum absolute atomic E-state index is 0.154. The summed E-state index contributed by atoms with van der Waals surface area (Å²) in [6, 6.07) is 5.01. The first kappa shape index (κ1) is 14.9. The Hall–Kier alpha value is -1.47. The van der Waals surface area contributed by atoms with Crippen molar-refractivity contribution < 1.29 is 9.59 Å². The maximum absolute atomic E-state index is 12.1. The maximum Gasteiger partial charge on any atom is 0.251 e. The van der Waals surface area contributed by atoms with E-state index in [9.17, 15) is 9.59 Å². The Bertz CT molecular complexity index is 591. The quantitative estimate of drug-likeness (QED) is 0.636. The highest BCUT2D eigenvalue weighted by atomic mass is 79.9. The topological polar surface area (TPSA) is 75.4 Å². The van der Waals surface area contributed by atoms with Gasteiger partial charge in [-0.1, -0.05) is 28.1 Å². The van der Waals surface area contributed by atoms with Gasteiger partial charge in [-0.25, -0.2) is 0 Å². The Morgan fingerprint density at radius 3 is 2.85 bits per heavy atom. The van der Waals surface area contributed by atoms with E-state index in [2.05, 4.69) is 21.2 Å². The summed E-state index contributed by atoms with van der Waals surface area (Å²) in [6.45, 7) is 0. The number of benzene rings is 1. The van der Waals surface area contributed by atoms with Crippen LogP contribution in [-0.4, -0.2) is 34.8 Å². The van der Waals surface area contributed by atoms with E-state index < -0.39 is 6.04 Å². The normalized spacial score (nSPS) is 19.1. The van der Waals surface area contributed by atoms with E-state index in [1.165, 1.54) is 7.05 Å². The first-order chi connectivity index (χ1) is 9.40. The van der Waals surface area contributed by atoms with Gasteiger partial charge in [-0.2, -0.15) is 0 Å². The molecule has 106 valence electrons. The SMILES string of the molecule is CN1C(=O)CCC(Nc2ccc(Br)cc2C(N)=S)C1=O. The number of amides is 2. The molecule has 1 aliphatic heterocycles. The lowest BCUT2D eigenvalue weighted by molar-refractivity contribution is -0.146. The van der Waals surface area contributed by atoms with Gasteiger partial charge in [0.05, 0.1) is 0 Å². The van der Waals surface area contributed by atoms with Gasteiger partial charge >= 0.3 is 0 Å². The van der Waals surface area contributed by atoms with Crippen LogP contribution in [0.5, 0.6) is 0 Å². The zero-order chi connectivity index (χ0) is 14.9. The van der Waals surface area contributed by atoms with E-state index in [1.807, 2.05) is 12.1 Å². The van der Waals surface area contributed by atoms with Gasteiger partial charge in [0, 0.05) is 29.2 Å². The summed E-state index contributed by atoms with van der Waals surface area (Å²) in [6.07, 6.45) is 0.813. The van der Waals surface area contributed by atoms with Gasteiger partial charge in [0.2, 0.25) is 5.91 Å². The molecule has 5 nitrogen and oxygen atoms in total. The van der Waals surface area contributed by atoms with E-state index in [4.69, 9.17) is 18.0 Å². The summed E-state index contributed by atoms with van der Waals surface area (Å²) in [5.74, 6) is -0.392. The Balaban J connectivity index is 2.24. The number of imide groups is 1. The molecular formula is C13H14BrN3O2S. The maximum atomic E-state index is 12.1. The molecule has 1 heterocycles. The van der Waals surface area contributed by atoms with Gasteiger partial charge in [0.1, 0.15) is 11.0 Å². The number of piperidine rings is 1. The van der Waals surface area contributed by atoms with Crippen molar-refractivity contribution in [2.24, 2.45) is 5.73 Å². The molecule has 2 amide bonds. The Kier molecular flexibility index (Phi) is 4.39. The molecule has 0 saturated carbocycles. The monoisotopic (exact) mass is 355 g/mol. The van der Waals surface area contributed by atoms with Crippen molar-refractivity contribution >= 4 is 50.6 Å². The molecule has 7 heteroatoms. The minimum atomic E-state index is -0.438. The lowest BCUT2D eigenvalue weighted by atomic mass is 10.0. The lowest BCUT2D eigenvalue weighted by Crippen LogP contribution is -2.48. The van der Waals surface area contributed by atoms with Crippen molar-refractivity contribution in [3.05, 3.63) is 28.2 Å².